The Hall–Kier alpha value is -2.82. The first-order chi connectivity index (χ1) is 11.2. The number of aromatic nitrogens is 2. The first-order valence-electron chi connectivity index (χ1n) is 7.63. The first-order valence-corrected chi connectivity index (χ1v) is 7.63. The van der Waals surface area contributed by atoms with Crippen molar-refractivity contribution in [2.45, 2.75) is 18.8 Å². The molecule has 0 saturated carbocycles. The summed E-state index contributed by atoms with van der Waals surface area (Å²) in [5.74, 6) is 0.988. The Bertz CT molecular complexity index is 885. The number of anilines is 1. The molecule has 0 fully saturated rings. The summed E-state index contributed by atoms with van der Waals surface area (Å²) in [7, 11) is 1.65. The zero-order valence-electron chi connectivity index (χ0n) is 12.8. The number of ether oxygens (including phenoxy) is 1. The molecular formula is C18H17N3O2. The number of amides is 1. The van der Waals surface area contributed by atoms with Crippen LogP contribution in [-0.2, 0) is 11.2 Å². The lowest BCUT2D eigenvalue weighted by molar-refractivity contribution is -0.116. The van der Waals surface area contributed by atoms with Gasteiger partial charge in [0.15, 0.2) is 0 Å². The van der Waals surface area contributed by atoms with E-state index in [0.29, 0.717) is 6.42 Å². The summed E-state index contributed by atoms with van der Waals surface area (Å²) >= 11 is 0. The smallest absolute Gasteiger partial charge is 0.225 e. The summed E-state index contributed by atoms with van der Waals surface area (Å²) in [6, 6.07) is 12.0. The quantitative estimate of drug-likeness (QED) is 0.764. The van der Waals surface area contributed by atoms with E-state index in [9.17, 15) is 4.79 Å². The molecule has 1 aliphatic heterocycles. The molecule has 1 amide bonds. The fourth-order valence-electron chi connectivity index (χ4n) is 3.19. The second kappa shape index (κ2) is 5.43. The molecule has 5 nitrogen and oxygen atoms in total. The lowest BCUT2D eigenvalue weighted by atomic mass is 9.89. The molecule has 1 atom stereocenters. The lowest BCUT2D eigenvalue weighted by Gasteiger charge is -2.14. The third-order valence-corrected chi connectivity index (χ3v) is 4.42. The summed E-state index contributed by atoms with van der Waals surface area (Å²) in [6.07, 6.45) is 3.07. The van der Waals surface area contributed by atoms with Gasteiger partial charge in [0.05, 0.1) is 18.8 Å². The van der Waals surface area contributed by atoms with Crippen molar-refractivity contribution in [2.75, 3.05) is 12.4 Å². The Kier molecular flexibility index (Phi) is 3.26. The van der Waals surface area contributed by atoms with Crippen molar-refractivity contribution in [1.82, 2.24) is 10.2 Å². The molecule has 0 spiro atoms. The molecule has 3 aromatic rings. The number of aromatic amines is 1. The van der Waals surface area contributed by atoms with Crippen LogP contribution in [-0.4, -0.2) is 23.2 Å². The summed E-state index contributed by atoms with van der Waals surface area (Å²) in [6.45, 7) is 0. The standard InChI is InChI=1S/C18H17N3O2/c1-23-15-4-5-16-14(7-15)6-13(9-18(22)20-16)11-2-3-12-10-19-21-17(12)8-11/h2-5,7-8,10,13H,6,9H2,1H3,(H,19,21)(H,20,22). The number of rotatable bonds is 2. The van der Waals surface area contributed by atoms with Gasteiger partial charge in [-0.05, 0) is 47.7 Å². The van der Waals surface area contributed by atoms with Gasteiger partial charge >= 0.3 is 0 Å². The molecule has 4 rings (SSSR count). The Morgan fingerprint density at radius 1 is 1.17 bits per heavy atom. The molecule has 0 radical (unpaired) electrons. The first kappa shape index (κ1) is 13.8. The fraction of sp³-hybridized carbons (Fsp3) is 0.222. The van der Waals surface area contributed by atoms with E-state index in [1.54, 1.807) is 13.3 Å². The van der Waals surface area contributed by atoms with Crippen LogP contribution in [0.15, 0.2) is 42.6 Å². The van der Waals surface area contributed by atoms with Crippen molar-refractivity contribution in [3.8, 4) is 5.75 Å². The van der Waals surface area contributed by atoms with Gasteiger partial charge in [-0.2, -0.15) is 5.10 Å². The molecule has 5 heteroatoms. The zero-order valence-corrected chi connectivity index (χ0v) is 12.8. The van der Waals surface area contributed by atoms with Crippen molar-refractivity contribution in [2.24, 2.45) is 0 Å². The van der Waals surface area contributed by atoms with Crippen molar-refractivity contribution in [1.29, 1.82) is 0 Å². The van der Waals surface area contributed by atoms with E-state index < -0.39 is 0 Å². The van der Waals surface area contributed by atoms with Gasteiger partial charge in [-0.15, -0.1) is 0 Å². The molecule has 1 aromatic heterocycles. The predicted molar refractivity (Wildman–Crippen MR) is 88.8 cm³/mol. The van der Waals surface area contributed by atoms with Crippen LogP contribution in [0, 0.1) is 0 Å². The molecular weight excluding hydrogens is 290 g/mol. The molecule has 0 saturated heterocycles. The minimum atomic E-state index is 0.0450. The second-order valence-electron chi connectivity index (χ2n) is 5.89. The van der Waals surface area contributed by atoms with Crippen LogP contribution in [0.5, 0.6) is 5.75 Å². The largest absolute Gasteiger partial charge is 0.497 e. The zero-order chi connectivity index (χ0) is 15.8. The highest BCUT2D eigenvalue weighted by Gasteiger charge is 2.23. The van der Waals surface area contributed by atoms with Gasteiger partial charge < -0.3 is 10.1 Å². The van der Waals surface area contributed by atoms with E-state index in [4.69, 9.17) is 4.74 Å². The Morgan fingerprint density at radius 2 is 2.09 bits per heavy atom. The van der Waals surface area contributed by atoms with E-state index in [1.807, 2.05) is 24.3 Å². The average molecular weight is 307 g/mol. The van der Waals surface area contributed by atoms with Gasteiger partial charge in [-0.3, -0.25) is 9.89 Å². The van der Waals surface area contributed by atoms with Gasteiger partial charge in [-0.25, -0.2) is 0 Å². The summed E-state index contributed by atoms with van der Waals surface area (Å²) in [4.78, 5) is 12.2. The highest BCUT2D eigenvalue weighted by molar-refractivity contribution is 5.93. The monoisotopic (exact) mass is 307 g/mol. The number of carbonyl (C=O) groups excluding carboxylic acids is 1. The van der Waals surface area contributed by atoms with Crippen LogP contribution in [0.2, 0.25) is 0 Å². The van der Waals surface area contributed by atoms with Crippen molar-refractivity contribution >= 4 is 22.5 Å². The molecule has 0 aliphatic carbocycles. The molecule has 23 heavy (non-hydrogen) atoms. The fourth-order valence-corrected chi connectivity index (χ4v) is 3.19. The van der Waals surface area contributed by atoms with Crippen LogP contribution < -0.4 is 10.1 Å². The van der Waals surface area contributed by atoms with E-state index in [-0.39, 0.29) is 11.8 Å². The highest BCUT2D eigenvalue weighted by atomic mass is 16.5. The topological polar surface area (TPSA) is 67.0 Å². The summed E-state index contributed by atoms with van der Waals surface area (Å²) < 4.78 is 5.31. The van der Waals surface area contributed by atoms with Gasteiger partial charge in [-0.1, -0.05) is 12.1 Å². The maximum absolute atomic E-state index is 12.2. The number of fused-ring (bicyclic) bond motifs is 2. The third-order valence-electron chi connectivity index (χ3n) is 4.42. The van der Waals surface area contributed by atoms with Crippen LogP contribution in [0.1, 0.15) is 23.5 Å². The number of nitrogens with one attached hydrogen (secondary N) is 2. The Labute approximate surface area is 133 Å². The molecule has 1 unspecified atom stereocenters. The second-order valence-corrected chi connectivity index (χ2v) is 5.89. The number of H-pyrrole nitrogens is 1. The minimum Gasteiger partial charge on any atom is -0.497 e. The number of hydrogen-bond donors (Lipinski definition) is 2. The maximum atomic E-state index is 12.2. The van der Waals surface area contributed by atoms with Gasteiger partial charge in [0.2, 0.25) is 5.91 Å². The predicted octanol–water partition coefficient (Wildman–Crippen LogP) is 3.24. The van der Waals surface area contributed by atoms with E-state index in [0.717, 1.165) is 39.9 Å². The van der Waals surface area contributed by atoms with E-state index >= 15 is 0 Å². The van der Waals surface area contributed by atoms with E-state index in [2.05, 4.69) is 27.6 Å². The van der Waals surface area contributed by atoms with Crippen molar-refractivity contribution in [3.05, 3.63) is 53.7 Å². The molecule has 1 aliphatic rings. The highest BCUT2D eigenvalue weighted by Crippen LogP contribution is 2.34. The number of nitrogens with zero attached hydrogens (tertiary/aromatic N) is 1. The summed E-state index contributed by atoms with van der Waals surface area (Å²) in [5, 5.41) is 11.1. The molecule has 2 heterocycles. The van der Waals surface area contributed by atoms with Crippen LogP contribution in [0.4, 0.5) is 5.69 Å². The van der Waals surface area contributed by atoms with Gasteiger partial charge in [0.1, 0.15) is 5.75 Å². The van der Waals surface area contributed by atoms with Crippen LogP contribution in [0.25, 0.3) is 10.9 Å². The maximum Gasteiger partial charge on any atom is 0.225 e. The number of hydrogen-bond acceptors (Lipinski definition) is 3. The van der Waals surface area contributed by atoms with Gasteiger partial charge in [0, 0.05) is 17.5 Å². The van der Waals surface area contributed by atoms with Crippen LogP contribution >= 0.6 is 0 Å². The SMILES string of the molecule is COc1ccc2c(c1)CC(c1ccc3cn[nH]c3c1)CC(=O)N2. The van der Waals surface area contributed by atoms with Gasteiger partial charge in [0.25, 0.3) is 0 Å². The number of benzene rings is 2. The molecule has 2 N–H and O–H groups in total. The average Bonchev–Trinajstić information content (AvgIpc) is 2.96. The molecule has 0 bridgehead atoms. The third kappa shape index (κ3) is 2.54. The van der Waals surface area contributed by atoms with E-state index in [1.165, 1.54) is 0 Å². The van der Waals surface area contributed by atoms with Crippen LogP contribution in [0.3, 0.4) is 0 Å². The molecule has 116 valence electrons. The number of carbonyl (C=O) groups is 1. The summed E-state index contributed by atoms with van der Waals surface area (Å²) in [5.41, 5.74) is 4.12. The number of methoxy groups -OCH3 is 1. The minimum absolute atomic E-state index is 0.0450. The van der Waals surface area contributed by atoms with Crippen molar-refractivity contribution in [3.63, 3.8) is 0 Å². The molecule has 2 aromatic carbocycles. The normalized spacial score (nSPS) is 17.4. The van der Waals surface area contributed by atoms with Crippen molar-refractivity contribution < 1.29 is 9.53 Å². The Balaban J connectivity index is 1.74. The Morgan fingerprint density at radius 3 is 2.96 bits per heavy atom. The lowest BCUT2D eigenvalue weighted by Crippen LogP contribution is -2.12.